The summed E-state index contributed by atoms with van der Waals surface area (Å²) < 4.78 is 0. The second-order valence-electron chi connectivity index (χ2n) is 3.76. The molecule has 0 radical (unpaired) electrons. The van der Waals surface area contributed by atoms with Crippen molar-refractivity contribution in [3.63, 3.8) is 0 Å². The average molecular weight is 260 g/mol. The number of rotatable bonds is 5. The van der Waals surface area contributed by atoms with E-state index in [1.807, 2.05) is 13.0 Å². The molecule has 100 valence electrons. The number of nitrogens with one attached hydrogen (secondary N) is 1. The molecule has 0 bridgehead atoms. The third-order valence-corrected chi connectivity index (χ3v) is 2.29. The van der Waals surface area contributed by atoms with Crippen molar-refractivity contribution in [3.8, 4) is 0 Å². The SMILES string of the molecule is C=C/C=c1/nc(C(=O)NCC(=O)O)cc/c1=C/CC. The number of nitrogens with zero attached hydrogens (tertiary/aromatic N) is 1. The zero-order chi connectivity index (χ0) is 14.3. The summed E-state index contributed by atoms with van der Waals surface area (Å²) in [4.78, 5) is 26.3. The number of aromatic nitrogens is 1. The Labute approximate surface area is 111 Å². The summed E-state index contributed by atoms with van der Waals surface area (Å²) in [5, 5.41) is 12.3. The van der Waals surface area contributed by atoms with E-state index in [0.29, 0.717) is 5.35 Å². The van der Waals surface area contributed by atoms with E-state index in [0.717, 1.165) is 11.6 Å². The van der Waals surface area contributed by atoms with Crippen molar-refractivity contribution in [1.82, 2.24) is 10.3 Å². The van der Waals surface area contributed by atoms with Crippen LogP contribution in [-0.4, -0.2) is 28.5 Å². The quantitative estimate of drug-likeness (QED) is 0.784. The molecule has 0 aliphatic rings. The molecule has 0 aromatic carbocycles. The van der Waals surface area contributed by atoms with Crippen LogP contribution in [0.3, 0.4) is 0 Å². The number of hydrogen-bond donors (Lipinski definition) is 2. The van der Waals surface area contributed by atoms with Gasteiger partial charge in [0.15, 0.2) is 0 Å². The summed E-state index contributed by atoms with van der Waals surface area (Å²) in [6.07, 6.45) is 6.13. The number of carboxylic acids is 1. The molecule has 0 aliphatic heterocycles. The Balaban J connectivity index is 3.12. The van der Waals surface area contributed by atoms with E-state index in [1.54, 1.807) is 24.3 Å². The molecule has 0 unspecified atom stereocenters. The van der Waals surface area contributed by atoms with Crippen LogP contribution < -0.4 is 15.9 Å². The van der Waals surface area contributed by atoms with Gasteiger partial charge in [-0.1, -0.05) is 31.7 Å². The maximum absolute atomic E-state index is 11.7. The predicted octanol–water partition coefficient (Wildman–Crippen LogP) is 0.0530. The number of amides is 1. The highest BCUT2D eigenvalue weighted by Crippen LogP contribution is 1.88. The van der Waals surface area contributed by atoms with Gasteiger partial charge in [-0.3, -0.25) is 9.59 Å². The van der Waals surface area contributed by atoms with Gasteiger partial charge >= 0.3 is 5.97 Å². The number of pyridine rings is 1. The van der Waals surface area contributed by atoms with Crippen molar-refractivity contribution in [2.24, 2.45) is 0 Å². The smallest absolute Gasteiger partial charge is 0.322 e. The van der Waals surface area contributed by atoms with Crippen molar-refractivity contribution in [3.05, 3.63) is 41.0 Å². The molecule has 1 amide bonds. The Hall–Kier alpha value is -2.43. The zero-order valence-electron chi connectivity index (χ0n) is 10.7. The molecule has 0 saturated heterocycles. The fourth-order valence-electron chi connectivity index (χ4n) is 1.50. The fourth-order valence-corrected chi connectivity index (χ4v) is 1.50. The highest BCUT2D eigenvalue weighted by molar-refractivity contribution is 5.93. The lowest BCUT2D eigenvalue weighted by atomic mass is 10.2. The molecule has 5 nitrogen and oxygen atoms in total. The minimum Gasteiger partial charge on any atom is -0.480 e. The summed E-state index contributed by atoms with van der Waals surface area (Å²) in [5.74, 6) is -1.61. The van der Waals surface area contributed by atoms with Gasteiger partial charge < -0.3 is 10.4 Å². The summed E-state index contributed by atoms with van der Waals surface area (Å²) in [6.45, 7) is 5.18. The third kappa shape index (κ3) is 4.39. The van der Waals surface area contributed by atoms with Crippen LogP contribution in [0, 0.1) is 0 Å². The van der Waals surface area contributed by atoms with Gasteiger partial charge in [0, 0.05) is 0 Å². The molecule has 1 aromatic rings. The van der Waals surface area contributed by atoms with E-state index in [9.17, 15) is 9.59 Å². The molecular weight excluding hydrogens is 244 g/mol. The number of carboxylic acid groups (broad SMARTS) is 1. The number of aliphatic carboxylic acids is 1. The van der Waals surface area contributed by atoms with E-state index in [1.165, 1.54) is 0 Å². The zero-order valence-corrected chi connectivity index (χ0v) is 10.7. The molecular formula is C14H16N2O3. The number of carbonyl (C=O) groups is 2. The average Bonchev–Trinajstić information content (AvgIpc) is 2.38. The second-order valence-corrected chi connectivity index (χ2v) is 3.76. The summed E-state index contributed by atoms with van der Waals surface area (Å²) in [7, 11) is 0. The van der Waals surface area contributed by atoms with E-state index >= 15 is 0 Å². The van der Waals surface area contributed by atoms with Gasteiger partial charge in [0.1, 0.15) is 12.2 Å². The molecule has 0 fully saturated rings. The summed E-state index contributed by atoms with van der Waals surface area (Å²) >= 11 is 0. The summed E-state index contributed by atoms with van der Waals surface area (Å²) in [6, 6.07) is 3.35. The van der Waals surface area contributed by atoms with Gasteiger partial charge in [-0.2, -0.15) is 0 Å². The largest absolute Gasteiger partial charge is 0.480 e. The Bertz CT molecular complexity index is 606. The van der Waals surface area contributed by atoms with E-state index in [2.05, 4.69) is 16.9 Å². The molecule has 1 rings (SSSR count). The minimum absolute atomic E-state index is 0.183. The Morgan fingerprint density at radius 2 is 2.21 bits per heavy atom. The molecule has 5 heteroatoms. The van der Waals surface area contributed by atoms with Gasteiger partial charge in [0.05, 0.1) is 5.35 Å². The number of allylic oxidation sites excluding steroid dienone is 1. The first-order valence-corrected chi connectivity index (χ1v) is 5.88. The maximum atomic E-state index is 11.7. The second kappa shape index (κ2) is 7.10. The molecule has 19 heavy (non-hydrogen) atoms. The Morgan fingerprint density at radius 3 is 2.79 bits per heavy atom. The fraction of sp³-hybridized carbons (Fsp3) is 0.214. The Kier molecular flexibility index (Phi) is 5.47. The maximum Gasteiger partial charge on any atom is 0.322 e. The first kappa shape index (κ1) is 14.6. The van der Waals surface area contributed by atoms with Crippen LogP contribution in [0.2, 0.25) is 0 Å². The minimum atomic E-state index is -1.10. The van der Waals surface area contributed by atoms with Gasteiger partial charge in [-0.15, -0.1) is 0 Å². The summed E-state index contributed by atoms with van der Waals surface area (Å²) in [5.41, 5.74) is 0.183. The third-order valence-electron chi connectivity index (χ3n) is 2.29. The van der Waals surface area contributed by atoms with E-state index < -0.39 is 18.4 Å². The molecule has 0 aliphatic carbocycles. The van der Waals surface area contributed by atoms with Gasteiger partial charge in [-0.25, -0.2) is 4.98 Å². The van der Waals surface area contributed by atoms with Crippen LogP contribution in [0.25, 0.3) is 12.2 Å². The molecule has 0 atom stereocenters. The van der Waals surface area contributed by atoms with Crippen LogP contribution in [0.15, 0.2) is 24.8 Å². The van der Waals surface area contributed by atoms with Gasteiger partial charge in [-0.05, 0) is 23.8 Å². The van der Waals surface area contributed by atoms with Crippen LogP contribution in [0.1, 0.15) is 23.8 Å². The first-order chi connectivity index (χ1) is 9.08. The standard InChI is InChI=1S/C14H16N2O3/c1-3-5-10-7-8-12(16-11(10)6-4-2)14(19)15-9-13(17)18/h4-8H,2-3,9H2,1H3,(H,15,19)(H,17,18)/b10-5-,11-6+. The molecule has 2 N–H and O–H groups in total. The van der Waals surface area contributed by atoms with Crippen molar-refractivity contribution in [1.29, 1.82) is 0 Å². The van der Waals surface area contributed by atoms with Crippen LogP contribution >= 0.6 is 0 Å². The van der Waals surface area contributed by atoms with E-state index in [-0.39, 0.29) is 5.69 Å². The van der Waals surface area contributed by atoms with Crippen LogP contribution in [-0.2, 0) is 4.79 Å². The molecule has 0 spiro atoms. The first-order valence-electron chi connectivity index (χ1n) is 5.88. The van der Waals surface area contributed by atoms with Crippen molar-refractivity contribution < 1.29 is 14.7 Å². The highest BCUT2D eigenvalue weighted by Gasteiger charge is 2.08. The lowest BCUT2D eigenvalue weighted by Gasteiger charge is -2.01. The lowest BCUT2D eigenvalue weighted by molar-refractivity contribution is -0.135. The number of carbonyl (C=O) groups excluding carboxylic acids is 1. The predicted molar refractivity (Wildman–Crippen MR) is 72.9 cm³/mol. The van der Waals surface area contributed by atoms with Gasteiger partial charge in [0.25, 0.3) is 5.91 Å². The van der Waals surface area contributed by atoms with Crippen molar-refractivity contribution in [2.45, 2.75) is 13.3 Å². The van der Waals surface area contributed by atoms with Crippen LogP contribution in [0.4, 0.5) is 0 Å². The normalized spacial score (nSPS) is 12.3. The van der Waals surface area contributed by atoms with Crippen molar-refractivity contribution in [2.75, 3.05) is 6.54 Å². The van der Waals surface area contributed by atoms with E-state index in [4.69, 9.17) is 5.11 Å². The van der Waals surface area contributed by atoms with Crippen LogP contribution in [0.5, 0.6) is 0 Å². The molecule has 0 saturated carbocycles. The number of hydrogen-bond acceptors (Lipinski definition) is 3. The topological polar surface area (TPSA) is 79.3 Å². The molecule has 1 heterocycles. The molecule has 1 aromatic heterocycles. The lowest BCUT2D eigenvalue weighted by Crippen LogP contribution is -2.34. The monoisotopic (exact) mass is 260 g/mol. The Morgan fingerprint density at radius 1 is 1.47 bits per heavy atom. The van der Waals surface area contributed by atoms with Crippen molar-refractivity contribution >= 4 is 24.0 Å². The highest BCUT2D eigenvalue weighted by atomic mass is 16.4. The van der Waals surface area contributed by atoms with Gasteiger partial charge in [0.2, 0.25) is 0 Å².